The molecular formula is C21H25FN2O3. The number of rotatable bonds is 6. The third-order valence-corrected chi connectivity index (χ3v) is 3.63. The molecule has 0 aliphatic heterocycles. The summed E-state index contributed by atoms with van der Waals surface area (Å²) in [5.74, 6) is -1.79. The summed E-state index contributed by atoms with van der Waals surface area (Å²) >= 11 is 0. The number of nitrogens with one attached hydrogen (secondary N) is 2. The predicted octanol–water partition coefficient (Wildman–Crippen LogP) is 4.88. The van der Waals surface area contributed by atoms with Gasteiger partial charge in [0.15, 0.2) is 0 Å². The quantitative estimate of drug-likeness (QED) is 0.710. The molecule has 6 heteroatoms. The van der Waals surface area contributed by atoms with Crippen molar-refractivity contribution >= 4 is 28.9 Å². The molecule has 0 aliphatic carbocycles. The minimum Gasteiger partial charge on any atom is -0.460 e. The number of esters is 1. The van der Waals surface area contributed by atoms with E-state index in [0.717, 1.165) is 5.69 Å². The molecule has 0 bridgehead atoms. The number of para-hydroxylation sites is 1. The van der Waals surface area contributed by atoms with Crippen LogP contribution in [0.4, 0.5) is 21.5 Å². The molecule has 0 spiro atoms. The fourth-order valence-electron chi connectivity index (χ4n) is 2.39. The lowest BCUT2D eigenvalue weighted by Gasteiger charge is -2.21. The van der Waals surface area contributed by atoms with E-state index in [1.807, 2.05) is 30.3 Å². The Bertz CT molecular complexity index is 801. The van der Waals surface area contributed by atoms with Gasteiger partial charge in [-0.3, -0.25) is 9.59 Å². The number of anilines is 3. The lowest BCUT2D eigenvalue weighted by molar-refractivity contribution is -0.156. The Hall–Kier alpha value is -2.89. The van der Waals surface area contributed by atoms with Gasteiger partial charge < -0.3 is 15.4 Å². The first-order valence-corrected chi connectivity index (χ1v) is 8.78. The van der Waals surface area contributed by atoms with Crippen LogP contribution in [0.15, 0.2) is 48.5 Å². The summed E-state index contributed by atoms with van der Waals surface area (Å²) < 4.78 is 18.9. The second-order valence-electron chi connectivity index (χ2n) is 7.36. The van der Waals surface area contributed by atoms with Crippen molar-refractivity contribution in [3.05, 3.63) is 54.3 Å². The van der Waals surface area contributed by atoms with Crippen molar-refractivity contribution in [3.63, 3.8) is 0 Å². The molecule has 0 aliphatic rings. The first-order chi connectivity index (χ1) is 12.6. The Morgan fingerprint density at radius 2 is 1.74 bits per heavy atom. The Morgan fingerprint density at radius 1 is 1.07 bits per heavy atom. The van der Waals surface area contributed by atoms with Gasteiger partial charge in [0, 0.05) is 11.6 Å². The average Bonchev–Trinajstić information content (AvgIpc) is 2.56. The summed E-state index contributed by atoms with van der Waals surface area (Å²) in [6, 6.07) is 13.3. The minimum atomic E-state index is -0.600. The highest BCUT2D eigenvalue weighted by molar-refractivity contribution is 5.97. The molecule has 27 heavy (non-hydrogen) atoms. The SMILES string of the molecule is C[C@H](CC(=O)OC(C)(C)C)C(=O)Nc1ccc(F)cc1Nc1ccccc1. The molecule has 0 saturated carbocycles. The van der Waals surface area contributed by atoms with E-state index in [2.05, 4.69) is 10.6 Å². The van der Waals surface area contributed by atoms with Gasteiger partial charge in [0.25, 0.3) is 0 Å². The third-order valence-electron chi connectivity index (χ3n) is 3.63. The molecule has 2 N–H and O–H groups in total. The Balaban J connectivity index is 2.07. The van der Waals surface area contributed by atoms with Crippen LogP contribution in [-0.4, -0.2) is 17.5 Å². The molecule has 0 heterocycles. The standard InChI is InChI=1S/C21H25FN2O3/c1-14(12-19(25)27-21(2,3)4)20(26)24-17-11-10-15(22)13-18(17)23-16-8-6-5-7-9-16/h5-11,13-14,23H,12H2,1-4H3,(H,24,26)/t14-/m1/s1. The van der Waals surface area contributed by atoms with Gasteiger partial charge in [-0.1, -0.05) is 25.1 Å². The molecule has 0 radical (unpaired) electrons. The van der Waals surface area contributed by atoms with Crippen LogP contribution in [0.2, 0.25) is 0 Å². The van der Waals surface area contributed by atoms with E-state index < -0.39 is 23.3 Å². The average molecular weight is 372 g/mol. The molecule has 0 aromatic heterocycles. The van der Waals surface area contributed by atoms with Gasteiger partial charge in [-0.25, -0.2) is 4.39 Å². The molecule has 144 valence electrons. The zero-order chi connectivity index (χ0) is 20.0. The fourth-order valence-corrected chi connectivity index (χ4v) is 2.39. The topological polar surface area (TPSA) is 67.4 Å². The number of carbonyl (C=O) groups excluding carboxylic acids is 2. The van der Waals surface area contributed by atoms with Crippen LogP contribution in [0.5, 0.6) is 0 Å². The van der Waals surface area contributed by atoms with Crippen molar-refractivity contribution in [2.24, 2.45) is 5.92 Å². The van der Waals surface area contributed by atoms with Crippen LogP contribution in [0, 0.1) is 11.7 Å². The van der Waals surface area contributed by atoms with Crippen LogP contribution >= 0.6 is 0 Å². The summed E-state index contributed by atoms with van der Waals surface area (Å²) in [7, 11) is 0. The maximum atomic E-state index is 13.7. The van der Waals surface area contributed by atoms with Crippen molar-refractivity contribution < 1.29 is 18.7 Å². The van der Waals surface area contributed by atoms with Crippen molar-refractivity contribution in [1.82, 2.24) is 0 Å². The zero-order valence-corrected chi connectivity index (χ0v) is 16.0. The van der Waals surface area contributed by atoms with E-state index in [1.54, 1.807) is 27.7 Å². The Morgan fingerprint density at radius 3 is 2.37 bits per heavy atom. The highest BCUT2D eigenvalue weighted by atomic mass is 19.1. The monoisotopic (exact) mass is 372 g/mol. The third kappa shape index (κ3) is 6.73. The number of benzene rings is 2. The predicted molar refractivity (Wildman–Crippen MR) is 104 cm³/mol. The molecule has 1 atom stereocenters. The van der Waals surface area contributed by atoms with E-state index in [4.69, 9.17) is 4.74 Å². The molecule has 2 rings (SSSR count). The Kier molecular flexibility index (Phi) is 6.55. The molecule has 2 aromatic carbocycles. The summed E-state index contributed by atoms with van der Waals surface area (Å²) in [5, 5.41) is 5.83. The van der Waals surface area contributed by atoms with E-state index >= 15 is 0 Å². The summed E-state index contributed by atoms with van der Waals surface area (Å²) in [4.78, 5) is 24.4. The van der Waals surface area contributed by atoms with E-state index in [0.29, 0.717) is 11.4 Å². The van der Waals surface area contributed by atoms with Gasteiger partial charge in [-0.05, 0) is 51.1 Å². The van der Waals surface area contributed by atoms with Gasteiger partial charge >= 0.3 is 5.97 Å². The van der Waals surface area contributed by atoms with Crippen LogP contribution in [-0.2, 0) is 14.3 Å². The van der Waals surface area contributed by atoms with Crippen LogP contribution in [0.25, 0.3) is 0 Å². The van der Waals surface area contributed by atoms with Crippen LogP contribution in [0.1, 0.15) is 34.1 Å². The largest absolute Gasteiger partial charge is 0.460 e. The number of halogens is 1. The normalized spacial score (nSPS) is 12.2. The number of hydrogen-bond donors (Lipinski definition) is 2. The minimum absolute atomic E-state index is 0.0360. The fraction of sp³-hybridized carbons (Fsp3) is 0.333. The first-order valence-electron chi connectivity index (χ1n) is 8.78. The van der Waals surface area contributed by atoms with Gasteiger partial charge in [-0.2, -0.15) is 0 Å². The molecule has 2 aromatic rings. The number of hydrogen-bond acceptors (Lipinski definition) is 4. The van der Waals surface area contributed by atoms with Gasteiger partial charge in [0.1, 0.15) is 11.4 Å². The van der Waals surface area contributed by atoms with E-state index in [-0.39, 0.29) is 12.3 Å². The van der Waals surface area contributed by atoms with Gasteiger partial charge in [0.2, 0.25) is 5.91 Å². The second-order valence-corrected chi connectivity index (χ2v) is 7.36. The summed E-state index contributed by atoms with van der Waals surface area (Å²) in [6.45, 7) is 6.97. The lowest BCUT2D eigenvalue weighted by atomic mass is 10.1. The first kappa shape index (κ1) is 20.4. The molecule has 5 nitrogen and oxygen atoms in total. The van der Waals surface area contributed by atoms with Crippen molar-refractivity contribution in [1.29, 1.82) is 0 Å². The Labute approximate surface area is 158 Å². The number of ether oxygens (including phenoxy) is 1. The highest BCUT2D eigenvalue weighted by Gasteiger charge is 2.22. The highest BCUT2D eigenvalue weighted by Crippen LogP contribution is 2.27. The zero-order valence-electron chi connectivity index (χ0n) is 16.0. The summed E-state index contributed by atoms with van der Waals surface area (Å²) in [5.41, 5.74) is 1.03. The molecule has 1 amide bonds. The molecular weight excluding hydrogens is 347 g/mol. The van der Waals surface area contributed by atoms with Crippen LogP contribution in [0.3, 0.4) is 0 Å². The smallest absolute Gasteiger partial charge is 0.307 e. The molecule has 0 unspecified atom stereocenters. The lowest BCUT2D eigenvalue weighted by Crippen LogP contribution is -2.28. The number of amides is 1. The van der Waals surface area contributed by atoms with Crippen molar-refractivity contribution in [3.8, 4) is 0 Å². The van der Waals surface area contributed by atoms with Crippen LogP contribution < -0.4 is 10.6 Å². The van der Waals surface area contributed by atoms with E-state index in [9.17, 15) is 14.0 Å². The molecule has 0 saturated heterocycles. The van der Waals surface area contributed by atoms with Crippen molar-refractivity contribution in [2.45, 2.75) is 39.7 Å². The van der Waals surface area contributed by atoms with Gasteiger partial charge in [0.05, 0.1) is 17.8 Å². The molecule has 0 fully saturated rings. The van der Waals surface area contributed by atoms with E-state index in [1.165, 1.54) is 18.2 Å². The second kappa shape index (κ2) is 8.66. The maximum Gasteiger partial charge on any atom is 0.307 e. The van der Waals surface area contributed by atoms with Crippen molar-refractivity contribution in [2.75, 3.05) is 10.6 Å². The summed E-state index contributed by atoms with van der Waals surface area (Å²) in [6.07, 6.45) is -0.0360. The van der Waals surface area contributed by atoms with Gasteiger partial charge in [-0.15, -0.1) is 0 Å². The number of carbonyl (C=O) groups is 2. The maximum absolute atomic E-state index is 13.7.